The number of aliphatic imine (C=N–C) groups is 1. The first-order valence-corrected chi connectivity index (χ1v) is 11.2. The second-order valence-electron chi connectivity index (χ2n) is 8.21. The third kappa shape index (κ3) is 7.36. The molecule has 1 fully saturated rings. The van der Waals surface area contributed by atoms with E-state index in [-0.39, 0.29) is 24.0 Å². The molecule has 0 radical (unpaired) electrons. The number of halogens is 1. The standard InChI is InChI=1S/C23H36N6O.HI/c1-5-19(6-2)21-13-20(30-28-21)16-27-23(24-4)26-15-18-7-8-22(25-14-18)29-11-9-17(3)10-12-29;/h7-8,13-14,17,19H,5-6,9-12,15-16H2,1-4H3,(H2,24,26,27);1H. The van der Waals surface area contributed by atoms with E-state index in [0.717, 1.165) is 60.6 Å². The summed E-state index contributed by atoms with van der Waals surface area (Å²) in [6, 6.07) is 6.30. The van der Waals surface area contributed by atoms with Gasteiger partial charge >= 0.3 is 0 Å². The number of hydrogen-bond acceptors (Lipinski definition) is 5. The molecule has 172 valence electrons. The topological polar surface area (TPSA) is 78.6 Å². The van der Waals surface area contributed by atoms with Crippen molar-refractivity contribution in [3.63, 3.8) is 0 Å². The summed E-state index contributed by atoms with van der Waals surface area (Å²) in [5, 5.41) is 10.8. The van der Waals surface area contributed by atoms with Crippen LogP contribution in [0.2, 0.25) is 0 Å². The lowest BCUT2D eigenvalue weighted by Crippen LogP contribution is -2.36. The fraction of sp³-hybridized carbons (Fsp3) is 0.609. The van der Waals surface area contributed by atoms with Gasteiger partial charge in [-0.25, -0.2) is 4.98 Å². The molecule has 0 saturated carbocycles. The quantitative estimate of drug-likeness (QED) is 0.287. The van der Waals surface area contributed by atoms with Crippen molar-refractivity contribution in [3.05, 3.63) is 41.4 Å². The molecule has 0 amide bonds. The maximum Gasteiger partial charge on any atom is 0.191 e. The van der Waals surface area contributed by atoms with E-state index < -0.39 is 0 Å². The van der Waals surface area contributed by atoms with Gasteiger partial charge in [0, 0.05) is 44.9 Å². The molecule has 2 N–H and O–H groups in total. The van der Waals surface area contributed by atoms with E-state index in [2.05, 4.69) is 63.6 Å². The smallest absolute Gasteiger partial charge is 0.191 e. The Hall–Kier alpha value is -1.84. The van der Waals surface area contributed by atoms with Crippen LogP contribution in [-0.2, 0) is 13.1 Å². The minimum Gasteiger partial charge on any atom is -0.359 e. The minimum absolute atomic E-state index is 0. The molecular weight excluding hydrogens is 503 g/mol. The van der Waals surface area contributed by atoms with E-state index in [1.165, 1.54) is 12.8 Å². The van der Waals surface area contributed by atoms with Gasteiger partial charge in [-0.1, -0.05) is 32.0 Å². The van der Waals surface area contributed by atoms with Crippen molar-refractivity contribution in [2.45, 2.75) is 65.5 Å². The number of rotatable bonds is 8. The third-order valence-corrected chi connectivity index (χ3v) is 6.01. The van der Waals surface area contributed by atoms with Crippen molar-refractivity contribution >= 4 is 35.8 Å². The summed E-state index contributed by atoms with van der Waals surface area (Å²) in [6.45, 7) is 10.1. The molecule has 7 nitrogen and oxygen atoms in total. The SMILES string of the molecule is CCC(CC)c1cc(CNC(=NC)NCc2ccc(N3CCC(C)CC3)nc2)on1.I. The molecule has 1 aliphatic rings. The first kappa shape index (κ1) is 25.4. The van der Waals surface area contributed by atoms with Crippen LogP contribution in [0, 0.1) is 5.92 Å². The van der Waals surface area contributed by atoms with Gasteiger partial charge in [0.1, 0.15) is 5.82 Å². The second kappa shape index (κ2) is 12.9. The molecule has 1 aliphatic heterocycles. The first-order chi connectivity index (χ1) is 14.6. The van der Waals surface area contributed by atoms with Crippen LogP contribution in [0.5, 0.6) is 0 Å². The highest BCUT2D eigenvalue weighted by Gasteiger charge is 2.17. The van der Waals surface area contributed by atoms with Crippen LogP contribution < -0.4 is 15.5 Å². The van der Waals surface area contributed by atoms with E-state index in [1.807, 2.05) is 12.3 Å². The Kier molecular flexibility index (Phi) is 10.6. The molecule has 2 aromatic rings. The summed E-state index contributed by atoms with van der Waals surface area (Å²) in [6.07, 6.45) is 6.59. The number of aromatic nitrogens is 2. The van der Waals surface area contributed by atoms with Crippen molar-refractivity contribution < 1.29 is 4.52 Å². The van der Waals surface area contributed by atoms with Crippen molar-refractivity contribution in [2.24, 2.45) is 10.9 Å². The number of anilines is 1. The predicted octanol–water partition coefficient (Wildman–Crippen LogP) is 4.69. The van der Waals surface area contributed by atoms with Crippen molar-refractivity contribution in [1.29, 1.82) is 0 Å². The van der Waals surface area contributed by atoms with Crippen LogP contribution in [0.25, 0.3) is 0 Å². The van der Waals surface area contributed by atoms with Crippen LogP contribution >= 0.6 is 24.0 Å². The van der Waals surface area contributed by atoms with Crippen LogP contribution in [0.1, 0.15) is 69.4 Å². The van der Waals surface area contributed by atoms with Crippen molar-refractivity contribution in [1.82, 2.24) is 20.8 Å². The van der Waals surface area contributed by atoms with Gasteiger partial charge in [-0.05, 0) is 43.2 Å². The molecule has 3 heterocycles. The van der Waals surface area contributed by atoms with Gasteiger partial charge < -0.3 is 20.1 Å². The number of guanidine groups is 1. The van der Waals surface area contributed by atoms with Crippen LogP contribution in [0.15, 0.2) is 33.9 Å². The van der Waals surface area contributed by atoms with Gasteiger partial charge in [0.2, 0.25) is 0 Å². The Morgan fingerprint density at radius 2 is 1.90 bits per heavy atom. The van der Waals surface area contributed by atoms with E-state index in [4.69, 9.17) is 4.52 Å². The molecule has 8 heteroatoms. The fourth-order valence-electron chi connectivity index (χ4n) is 3.83. The Labute approximate surface area is 203 Å². The summed E-state index contributed by atoms with van der Waals surface area (Å²) in [5.74, 6) is 3.91. The van der Waals surface area contributed by atoms with E-state index >= 15 is 0 Å². The molecule has 1 saturated heterocycles. The van der Waals surface area contributed by atoms with Crippen molar-refractivity contribution in [3.8, 4) is 0 Å². The Morgan fingerprint density at radius 1 is 1.19 bits per heavy atom. The molecule has 0 unspecified atom stereocenters. The summed E-state index contributed by atoms with van der Waals surface area (Å²) in [5.41, 5.74) is 2.16. The number of hydrogen-bond donors (Lipinski definition) is 2. The number of piperidine rings is 1. The van der Waals surface area contributed by atoms with Gasteiger partial charge in [-0.2, -0.15) is 0 Å². The largest absolute Gasteiger partial charge is 0.359 e. The van der Waals surface area contributed by atoms with E-state index in [9.17, 15) is 0 Å². The lowest BCUT2D eigenvalue weighted by molar-refractivity contribution is 0.368. The molecule has 2 aromatic heterocycles. The Balaban J connectivity index is 0.00000341. The highest BCUT2D eigenvalue weighted by atomic mass is 127. The number of pyridine rings is 1. The van der Waals surface area contributed by atoms with Crippen LogP contribution in [0.3, 0.4) is 0 Å². The fourth-order valence-corrected chi connectivity index (χ4v) is 3.83. The molecule has 0 aromatic carbocycles. The zero-order chi connectivity index (χ0) is 21.3. The summed E-state index contributed by atoms with van der Waals surface area (Å²) < 4.78 is 5.47. The zero-order valence-corrected chi connectivity index (χ0v) is 21.6. The highest BCUT2D eigenvalue weighted by molar-refractivity contribution is 14.0. The molecule has 0 spiro atoms. The lowest BCUT2D eigenvalue weighted by Gasteiger charge is -2.31. The van der Waals surface area contributed by atoms with E-state index in [1.54, 1.807) is 7.05 Å². The second-order valence-corrected chi connectivity index (χ2v) is 8.21. The average Bonchev–Trinajstić information content (AvgIpc) is 3.24. The van der Waals surface area contributed by atoms with Crippen molar-refractivity contribution in [2.75, 3.05) is 25.0 Å². The lowest BCUT2D eigenvalue weighted by atomic mass is 9.99. The Morgan fingerprint density at radius 3 is 2.52 bits per heavy atom. The third-order valence-electron chi connectivity index (χ3n) is 6.01. The molecule has 0 atom stereocenters. The average molecular weight is 540 g/mol. The van der Waals surface area contributed by atoms with Gasteiger partial charge in [0.05, 0.1) is 12.2 Å². The number of nitrogens with one attached hydrogen (secondary N) is 2. The maximum atomic E-state index is 5.47. The van der Waals surface area contributed by atoms with Gasteiger partial charge in [0.25, 0.3) is 0 Å². The summed E-state index contributed by atoms with van der Waals surface area (Å²) >= 11 is 0. The van der Waals surface area contributed by atoms with E-state index in [0.29, 0.717) is 19.0 Å². The number of nitrogens with zero attached hydrogens (tertiary/aromatic N) is 4. The highest BCUT2D eigenvalue weighted by Crippen LogP contribution is 2.22. The van der Waals surface area contributed by atoms with Gasteiger partial charge in [0.15, 0.2) is 11.7 Å². The summed E-state index contributed by atoms with van der Waals surface area (Å²) in [4.78, 5) is 11.3. The molecule has 31 heavy (non-hydrogen) atoms. The first-order valence-electron chi connectivity index (χ1n) is 11.2. The maximum absolute atomic E-state index is 5.47. The molecule has 0 aliphatic carbocycles. The van der Waals surface area contributed by atoms with Gasteiger partial charge in [-0.3, -0.25) is 4.99 Å². The predicted molar refractivity (Wildman–Crippen MR) is 137 cm³/mol. The zero-order valence-electron chi connectivity index (χ0n) is 19.2. The molecule has 3 rings (SSSR count). The minimum atomic E-state index is 0. The molecular formula is C23H37IN6O. The van der Waals surface area contributed by atoms with Crippen LogP contribution in [-0.4, -0.2) is 36.2 Å². The monoisotopic (exact) mass is 540 g/mol. The van der Waals surface area contributed by atoms with Crippen LogP contribution in [0.4, 0.5) is 5.82 Å². The Bertz CT molecular complexity index is 795. The molecule has 0 bridgehead atoms. The summed E-state index contributed by atoms with van der Waals surface area (Å²) in [7, 11) is 1.77. The normalized spacial score (nSPS) is 15.1. The van der Waals surface area contributed by atoms with Gasteiger partial charge in [-0.15, -0.1) is 24.0 Å².